The number of nitrogens with zero attached hydrogens (tertiary/aromatic N) is 2. The Balaban J connectivity index is 1.34. The number of aliphatic hydroxyl groups excluding tert-OH is 1. The standard InChI is InChI=1S/C22H26N2O2S/c25-13-12-23-8-10-24(11-9-23)21(26)16-27-15-19-6-3-5-18-14-17-4-1-2-7-20(17)22(18)19/h1-7,25H,8-16H2. The van der Waals surface area contributed by atoms with Crippen molar-refractivity contribution in [1.29, 1.82) is 0 Å². The molecule has 142 valence electrons. The second-order valence-corrected chi connectivity index (χ2v) is 8.21. The maximum absolute atomic E-state index is 12.5. The summed E-state index contributed by atoms with van der Waals surface area (Å²) in [7, 11) is 0. The molecule has 1 amide bonds. The molecule has 1 N–H and O–H groups in total. The van der Waals surface area contributed by atoms with E-state index in [1.807, 2.05) is 4.90 Å². The number of amides is 1. The summed E-state index contributed by atoms with van der Waals surface area (Å²) in [6.45, 7) is 4.16. The number of fused-ring (bicyclic) bond motifs is 3. The lowest BCUT2D eigenvalue weighted by Crippen LogP contribution is -2.49. The Morgan fingerprint density at radius 3 is 2.59 bits per heavy atom. The van der Waals surface area contributed by atoms with Gasteiger partial charge in [0.1, 0.15) is 0 Å². The maximum Gasteiger partial charge on any atom is 0.232 e. The van der Waals surface area contributed by atoms with Gasteiger partial charge in [0, 0.05) is 38.5 Å². The van der Waals surface area contributed by atoms with E-state index in [-0.39, 0.29) is 12.5 Å². The molecule has 1 saturated heterocycles. The quantitative estimate of drug-likeness (QED) is 0.712. The van der Waals surface area contributed by atoms with Crippen LogP contribution in [0, 0.1) is 0 Å². The molecule has 1 fully saturated rings. The maximum atomic E-state index is 12.5. The molecule has 4 nitrogen and oxygen atoms in total. The van der Waals surface area contributed by atoms with E-state index in [2.05, 4.69) is 47.4 Å². The fourth-order valence-corrected chi connectivity index (χ4v) is 5.01. The van der Waals surface area contributed by atoms with Crippen LogP contribution in [0.2, 0.25) is 0 Å². The van der Waals surface area contributed by atoms with Crippen LogP contribution in [0.4, 0.5) is 0 Å². The number of hydrogen-bond donors (Lipinski definition) is 1. The number of carbonyl (C=O) groups excluding carboxylic acids is 1. The summed E-state index contributed by atoms with van der Waals surface area (Å²) in [6, 6.07) is 15.2. The Morgan fingerprint density at radius 1 is 1.00 bits per heavy atom. The van der Waals surface area contributed by atoms with E-state index in [1.165, 1.54) is 27.8 Å². The fraction of sp³-hybridized carbons (Fsp3) is 0.409. The van der Waals surface area contributed by atoms with E-state index in [1.54, 1.807) is 11.8 Å². The molecule has 0 bridgehead atoms. The molecule has 5 heteroatoms. The van der Waals surface area contributed by atoms with Gasteiger partial charge in [-0.3, -0.25) is 9.69 Å². The average molecular weight is 383 g/mol. The molecule has 27 heavy (non-hydrogen) atoms. The van der Waals surface area contributed by atoms with Gasteiger partial charge in [0.25, 0.3) is 0 Å². The molecule has 2 aliphatic rings. The number of rotatable bonds is 6. The van der Waals surface area contributed by atoms with Gasteiger partial charge in [-0.25, -0.2) is 0 Å². The van der Waals surface area contributed by atoms with Crippen LogP contribution in [0.5, 0.6) is 0 Å². The van der Waals surface area contributed by atoms with Gasteiger partial charge in [0.15, 0.2) is 0 Å². The molecular weight excluding hydrogens is 356 g/mol. The minimum absolute atomic E-state index is 0.189. The summed E-state index contributed by atoms with van der Waals surface area (Å²) in [5.74, 6) is 1.63. The zero-order chi connectivity index (χ0) is 18.6. The molecule has 2 aromatic carbocycles. The number of thioether (sulfide) groups is 1. The third kappa shape index (κ3) is 4.05. The molecule has 1 heterocycles. The van der Waals surface area contributed by atoms with Crippen LogP contribution in [-0.2, 0) is 17.0 Å². The van der Waals surface area contributed by atoms with Crippen LogP contribution in [0.25, 0.3) is 11.1 Å². The number of hydrogen-bond acceptors (Lipinski definition) is 4. The van der Waals surface area contributed by atoms with Crippen molar-refractivity contribution < 1.29 is 9.90 Å². The Labute approximate surface area is 165 Å². The predicted molar refractivity (Wildman–Crippen MR) is 111 cm³/mol. The van der Waals surface area contributed by atoms with Crippen LogP contribution >= 0.6 is 11.8 Å². The van der Waals surface area contributed by atoms with Crippen molar-refractivity contribution in [2.45, 2.75) is 12.2 Å². The molecular formula is C22H26N2O2S. The SMILES string of the molecule is O=C(CSCc1cccc2c1-c1ccccc1C2)N1CCN(CCO)CC1. The molecule has 1 aliphatic heterocycles. The van der Waals surface area contributed by atoms with Crippen LogP contribution in [0.3, 0.4) is 0 Å². The van der Waals surface area contributed by atoms with Crippen molar-refractivity contribution in [1.82, 2.24) is 9.80 Å². The summed E-state index contributed by atoms with van der Waals surface area (Å²) in [5.41, 5.74) is 6.88. The van der Waals surface area contributed by atoms with Crippen molar-refractivity contribution in [3.8, 4) is 11.1 Å². The second kappa shape index (κ2) is 8.46. The van der Waals surface area contributed by atoms with E-state index in [9.17, 15) is 4.79 Å². The molecule has 4 rings (SSSR count). The molecule has 2 aromatic rings. The first-order valence-corrected chi connectivity index (χ1v) is 10.8. The molecule has 0 saturated carbocycles. The predicted octanol–water partition coefficient (Wildman–Crippen LogP) is 2.63. The first kappa shape index (κ1) is 18.5. The highest BCUT2D eigenvalue weighted by atomic mass is 32.2. The Morgan fingerprint density at radius 2 is 1.78 bits per heavy atom. The minimum atomic E-state index is 0.189. The third-order valence-corrected chi connectivity index (χ3v) is 6.50. The highest BCUT2D eigenvalue weighted by Gasteiger charge is 2.22. The largest absolute Gasteiger partial charge is 0.395 e. The van der Waals surface area contributed by atoms with Gasteiger partial charge in [-0.15, -0.1) is 11.8 Å². The average Bonchev–Trinajstić information content (AvgIpc) is 3.08. The van der Waals surface area contributed by atoms with E-state index in [0.717, 1.165) is 38.4 Å². The van der Waals surface area contributed by atoms with Gasteiger partial charge >= 0.3 is 0 Å². The first-order valence-electron chi connectivity index (χ1n) is 9.64. The lowest BCUT2D eigenvalue weighted by atomic mass is 10.0. The van der Waals surface area contributed by atoms with Gasteiger partial charge in [-0.1, -0.05) is 42.5 Å². The zero-order valence-electron chi connectivity index (χ0n) is 15.6. The van der Waals surface area contributed by atoms with Gasteiger partial charge < -0.3 is 10.0 Å². The molecule has 0 atom stereocenters. The summed E-state index contributed by atoms with van der Waals surface area (Å²) < 4.78 is 0. The van der Waals surface area contributed by atoms with E-state index in [4.69, 9.17) is 5.11 Å². The zero-order valence-corrected chi connectivity index (χ0v) is 16.4. The molecule has 0 radical (unpaired) electrons. The lowest BCUT2D eigenvalue weighted by Gasteiger charge is -2.34. The van der Waals surface area contributed by atoms with Crippen molar-refractivity contribution >= 4 is 17.7 Å². The smallest absolute Gasteiger partial charge is 0.232 e. The molecule has 0 aromatic heterocycles. The van der Waals surface area contributed by atoms with Crippen LogP contribution in [-0.4, -0.2) is 65.9 Å². The van der Waals surface area contributed by atoms with E-state index < -0.39 is 0 Å². The number of carbonyl (C=O) groups is 1. The fourth-order valence-electron chi connectivity index (χ4n) is 4.09. The summed E-state index contributed by atoms with van der Waals surface area (Å²) >= 11 is 1.72. The monoisotopic (exact) mass is 382 g/mol. The van der Waals surface area contributed by atoms with Gasteiger partial charge in [-0.05, 0) is 34.2 Å². The van der Waals surface area contributed by atoms with Crippen molar-refractivity contribution in [3.05, 3.63) is 59.2 Å². The number of aliphatic hydroxyl groups is 1. The first-order chi connectivity index (χ1) is 13.3. The second-order valence-electron chi connectivity index (χ2n) is 7.22. The molecule has 0 spiro atoms. The van der Waals surface area contributed by atoms with Crippen molar-refractivity contribution in [2.75, 3.05) is 45.1 Å². The van der Waals surface area contributed by atoms with Crippen LogP contribution < -0.4 is 0 Å². The van der Waals surface area contributed by atoms with Crippen LogP contribution in [0.15, 0.2) is 42.5 Å². The number of piperazine rings is 1. The lowest BCUT2D eigenvalue weighted by molar-refractivity contribution is -0.130. The Hall–Kier alpha value is -1.82. The summed E-state index contributed by atoms with van der Waals surface area (Å²) in [6.07, 6.45) is 1.01. The number of β-amino-alcohol motifs (C(OH)–C–C–N with tert-alkyl or cyclic N) is 1. The van der Waals surface area contributed by atoms with Gasteiger partial charge in [0.05, 0.1) is 12.4 Å². The Kier molecular flexibility index (Phi) is 5.81. The van der Waals surface area contributed by atoms with Gasteiger partial charge in [-0.2, -0.15) is 0 Å². The highest BCUT2D eigenvalue weighted by molar-refractivity contribution is 7.99. The van der Waals surface area contributed by atoms with E-state index in [0.29, 0.717) is 12.3 Å². The molecule has 0 unspecified atom stereocenters. The third-order valence-electron chi connectivity index (χ3n) is 5.53. The normalized spacial score (nSPS) is 16.3. The molecule has 1 aliphatic carbocycles. The van der Waals surface area contributed by atoms with Crippen molar-refractivity contribution in [3.63, 3.8) is 0 Å². The van der Waals surface area contributed by atoms with E-state index >= 15 is 0 Å². The summed E-state index contributed by atoms with van der Waals surface area (Å²) in [5, 5.41) is 9.02. The topological polar surface area (TPSA) is 43.8 Å². The summed E-state index contributed by atoms with van der Waals surface area (Å²) in [4.78, 5) is 16.7. The number of benzene rings is 2. The van der Waals surface area contributed by atoms with Crippen LogP contribution in [0.1, 0.15) is 16.7 Å². The van der Waals surface area contributed by atoms with Crippen molar-refractivity contribution in [2.24, 2.45) is 0 Å². The highest BCUT2D eigenvalue weighted by Crippen LogP contribution is 2.39. The van der Waals surface area contributed by atoms with Gasteiger partial charge in [0.2, 0.25) is 5.91 Å². The Bertz CT molecular complexity index is 816. The minimum Gasteiger partial charge on any atom is -0.395 e.